The van der Waals surface area contributed by atoms with Crippen LogP contribution in [-0.2, 0) is 23.6 Å². The van der Waals surface area contributed by atoms with E-state index in [1.54, 1.807) is 4.67 Å². The molecule has 13 N–H and O–H groups in total. The number of nitrogen functional groups attached to an aromatic ring is 2. The Morgan fingerprint density at radius 3 is 1.91 bits per heavy atom. The molecule has 25 nitrogen and oxygen atoms in total. The van der Waals surface area contributed by atoms with Crippen LogP contribution in [0.5, 0.6) is 0 Å². The maximum absolute atomic E-state index is 12.1. The Hall–Kier alpha value is -4.26. The molecule has 0 saturated carbocycles. The molecule has 0 aliphatic carbocycles. The van der Waals surface area contributed by atoms with E-state index in [2.05, 4.69) is 34.7 Å². The third kappa shape index (κ3) is 9.08. The van der Waals surface area contributed by atoms with Gasteiger partial charge in [0.25, 0.3) is 11.1 Å². The van der Waals surface area contributed by atoms with Crippen LogP contribution in [0.2, 0.25) is 0 Å². The van der Waals surface area contributed by atoms with Gasteiger partial charge < -0.3 is 50.9 Å². The Morgan fingerprint density at radius 2 is 1.42 bits per heavy atom. The normalized spacial score (nSPS) is 26.0. The summed E-state index contributed by atoms with van der Waals surface area (Å²) in [5.74, 6) is 4.73. The molecule has 0 spiro atoms. The minimum atomic E-state index is -3.37. The number of nitrogens with zero attached hydrogens (tertiary/aromatic N) is 8. The molecule has 0 aromatic carbocycles. The fraction of sp³-hybridized carbons (Fsp3) is 0.645. The molecule has 4 aromatic heterocycles. The van der Waals surface area contributed by atoms with Crippen molar-refractivity contribution in [2.45, 2.75) is 95.3 Å². The highest BCUT2D eigenvalue weighted by Gasteiger charge is 2.57. The second kappa shape index (κ2) is 18.6. The Balaban J connectivity index is 0.000000228. The summed E-state index contributed by atoms with van der Waals surface area (Å²) < 4.78 is 27.7. The van der Waals surface area contributed by atoms with Gasteiger partial charge in [-0.1, -0.05) is 0 Å². The molecule has 0 bridgehead atoms. The minimum Gasteiger partial charge on any atom is -0.394 e. The number of nitrogens with two attached hydrogens (primary N) is 3. The predicted octanol–water partition coefficient (Wildman–Crippen LogP) is -2.65. The van der Waals surface area contributed by atoms with Gasteiger partial charge in [0.1, 0.15) is 36.7 Å². The Morgan fingerprint density at radius 1 is 0.895 bits per heavy atom. The number of nitrogens with one attached hydrogen (secondary N) is 2. The number of hydrogen-bond acceptors (Lipinski definition) is 21. The van der Waals surface area contributed by atoms with E-state index in [0.29, 0.717) is 0 Å². The van der Waals surface area contributed by atoms with Gasteiger partial charge in [-0.25, -0.2) is 20.8 Å². The van der Waals surface area contributed by atoms with Crippen LogP contribution in [0.15, 0.2) is 22.2 Å². The number of aromatic amines is 2. The molecule has 6 rings (SSSR count). The maximum atomic E-state index is 12.1. The van der Waals surface area contributed by atoms with Gasteiger partial charge in [0.2, 0.25) is 11.9 Å². The summed E-state index contributed by atoms with van der Waals surface area (Å²) in [5, 5.41) is 49.8. The highest BCUT2D eigenvalue weighted by Crippen LogP contribution is 2.63. The zero-order valence-corrected chi connectivity index (χ0v) is 32.4. The SMILES string of the molecule is CC(C)N(C(C)C)[P+](O)(CCC#N)O[C@H]1[C@@H](O)[C@H](n2cnc3c(=O)[nH]c(N)nc32)O[C@@H]1CO.NOCCO[C@@H]1[C@H](O)[C@@H](CO)O[C@H]1n1cnc2c(=O)[nH]c(N)nc21. The number of rotatable bonds is 15. The monoisotopic (exact) mass is 826 g/mol. The van der Waals surface area contributed by atoms with Gasteiger partial charge in [0, 0.05) is 12.1 Å². The summed E-state index contributed by atoms with van der Waals surface area (Å²) in [7, 11) is -3.37. The van der Waals surface area contributed by atoms with Crippen molar-refractivity contribution in [1.29, 1.82) is 5.26 Å². The molecule has 1 unspecified atom stereocenters. The molecule has 2 fully saturated rings. The Kier molecular flexibility index (Phi) is 14.3. The van der Waals surface area contributed by atoms with E-state index in [1.807, 2.05) is 33.8 Å². The molecule has 314 valence electrons. The van der Waals surface area contributed by atoms with Gasteiger partial charge >= 0.3 is 7.87 Å². The predicted molar refractivity (Wildman–Crippen MR) is 200 cm³/mol. The minimum absolute atomic E-state index is 0.00809. The van der Waals surface area contributed by atoms with Crippen LogP contribution in [-0.4, -0.2) is 150 Å². The average Bonchev–Trinajstić information content (AvgIpc) is 3.91. The standard InChI is InChI=1S/C19H30N7O6P.C12H18N6O6/c1-10(2)26(11(3)4)33(30,7-5-6-20)32-15-12(8-27)31-18(14(15)28)25-9-22-13-16(25)23-19(21)24-17(13)29;13-12-16-9-6(10(21)17-12)15-4-18(9)11-8(22-1-2-23-14)7(20)5(3-19)24-11/h9-12,14-15,18,27-28,30H,5,7-8H2,1-4H3,(H2-,21,23,24,29);4-5,7-8,11,19-20H,1-3,14H2,(H3,13,16,17,21)/p+1/t12-,14-,15-,18-,33?;5-,7-,8-,11-/m11/s1. The highest BCUT2D eigenvalue weighted by atomic mass is 31.2. The Bertz CT molecular complexity index is 2120. The van der Waals surface area contributed by atoms with Crippen LogP contribution >= 0.6 is 7.87 Å². The van der Waals surface area contributed by atoms with Gasteiger partial charge in [0.15, 0.2) is 40.9 Å². The largest absolute Gasteiger partial charge is 0.394 e. The van der Waals surface area contributed by atoms with Crippen LogP contribution in [0, 0.1) is 11.3 Å². The van der Waals surface area contributed by atoms with Gasteiger partial charge in [-0.15, -0.1) is 4.67 Å². The van der Waals surface area contributed by atoms with Crippen molar-refractivity contribution >= 4 is 42.1 Å². The number of anilines is 2. The third-order valence-electron chi connectivity index (χ3n) is 9.17. The molecule has 2 aliphatic rings. The lowest BCUT2D eigenvalue weighted by Crippen LogP contribution is -2.43. The van der Waals surface area contributed by atoms with Crippen molar-refractivity contribution in [2.75, 3.05) is 44.1 Å². The number of H-pyrrole nitrogens is 2. The van der Waals surface area contributed by atoms with Crippen LogP contribution in [0.4, 0.5) is 11.9 Å². The molecule has 57 heavy (non-hydrogen) atoms. The maximum Gasteiger partial charge on any atom is 0.347 e. The van der Waals surface area contributed by atoms with Crippen molar-refractivity contribution in [3.8, 4) is 6.07 Å². The first kappa shape index (κ1) is 43.9. The zero-order valence-electron chi connectivity index (χ0n) is 31.5. The van der Waals surface area contributed by atoms with Crippen molar-refractivity contribution < 1.29 is 48.9 Å². The molecular weight excluding hydrogens is 777 g/mol. The second-order valence-electron chi connectivity index (χ2n) is 13.7. The van der Waals surface area contributed by atoms with E-state index in [9.17, 15) is 34.9 Å². The number of fused-ring (bicyclic) bond motifs is 2. The number of nitriles is 1. The molecule has 0 amide bonds. The second-order valence-corrected chi connectivity index (χ2v) is 16.1. The molecule has 2 aliphatic heterocycles. The number of hydrogen-bond donors (Lipinski definition) is 10. The van der Waals surface area contributed by atoms with Crippen molar-refractivity contribution in [1.82, 2.24) is 43.7 Å². The van der Waals surface area contributed by atoms with E-state index in [-0.39, 0.29) is 72.1 Å². The van der Waals surface area contributed by atoms with Gasteiger partial charge in [-0.2, -0.15) is 19.8 Å². The molecular formula is C31H49N13O12P+. The summed E-state index contributed by atoms with van der Waals surface area (Å²) in [6, 6.07) is 1.81. The first-order valence-electron chi connectivity index (χ1n) is 17.8. The quantitative estimate of drug-likeness (QED) is 0.0332. The fourth-order valence-electron chi connectivity index (χ4n) is 6.92. The average molecular weight is 827 g/mol. The summed E-state index contributed by atoms with van der Waals surface area (Å²) >= 11 is 0. The van der Waals surface area contributed by atoms with E-state index in [1.165, 1.54) is 21.8 Å². The first-order chi connectivity index (χ1) is 27.1. The lowest BCUT2D eigenvalue weighted by molar-refractivity contribution is -0.0815. The van der Waals surface area contributed by atoms with Crippen LogP contribution in [0.1, 0.15) is 46.6 Å². The smallest absolute Gasteiger partial charge is 0.347 e. The summed E-state index contributed by atoms with van der Waals surface area (Å²) in [4.78, 5) is 60.8. The van der Waals surface area contributed by atoms with Crippen molar-refractivity contribution in [3.05, 3.63) is 33.4 Å². The topological polar surface area (TPSA) is 380 Å². The lowest BCUT2D eigenvalue weighted by Gasteiger charge is -2.36. The van der Waals surface area contributed by atoms with Gasteiger partial charge in [-0.3, -0.25) is 28.7 Å². The molecule has 26 heteroatoms. The summed E-state index contributed by atoms with van der Waals surface area (Å²) in [6.45, 7) is 6.91. The Labute approximate surface area is 324 Å². The molecule has 6 heterocycles. The van der Waals surface area contributed by atoms with Crippen molar-refractivity contribution in [3.63, 3.8) is 0 Å². The fourth-order valence-corrected chi connectivity index (χ4v) is 9.85. The summed E-state index contributed by atoms with van der Waals surface area (Å²) in [6.07, 6.45) is -5.52. The zero-order chi connectivity index (χ0) is 41.8. The van der Waals surface area contributed by atoms with Crippen LogP contribution in [0.3, 0.4) is 0 Å². The van der Waals surface area contributed by atoms with Crippen molar-refractivity contribution in [2.24, 2.45) is 5.90 Å². The van der Waals surface area contributed by atoms with E-state index >= 15 is 0 Å². The number of aliphatic hydroxyl groups excluding tert-OH is 4. The first-order valence-corrected chi connectivity index (χ1v) is 19.6. The molecule has 0 radical (unpaired) electrons. The van der Waals surface area contributed by atoms with Crippen LogP contribution < -0.4 is 28.5 Å². The highest BCUT2D eigenvalue weighted by molar-refractivity contribution is 7.63. The van der Waals surface area contributed by atoms with Gasteiger partial charge in [0.05, 0.1) is 51.6 Å². The van der Waals surface area contributed by atoms with Crippen LogP contribution in [0.25, 0.3) is 22.3 Å². The number of imidazole rings is 2. The number of aliphatic hydroxyl groups is 4. The van der Waals surface area contributed by atoms with Gasteiger partial charge in [-0.05, 0) is 27.7 Å². The van der Waals surface area contributed by atoms with E-state index in [4.69, 9.17) is 41.4 Å². The third-order valence-corrected chi connectivity index (χ3v) is 12.2. The molecule has 9 atom stereocenters. The van der Waals surface area contributed by atoms with E-state index < -0.39 is 81.3 Å². The summed E-state index contributed by atoms with van der Waals surface area (Å²) in [5.41, 5.74) is 10.5. The molecule has 2 saturated heterocycles. The number of ether oxygens (including phenoxy) is 3. The number of aromatic nitrogens is 8. The lowest BCUT2D eigenvalue weighted by atomic mass is 10.1. The van der Waals surface area contributed by atoms with E-state index in [0.717, 1.165) is 0 Å². The molecule has 4 aromatic rings.